The monoisotopic (exact) mass is 333 g/mol. The fourth-order valence-electron chi connectivity index (χ4n) is 2.38. The lowest BCUT2D eigenvalue weighted by atomic mass is 10.0. The Bertz CT molecular complexity index is 670. The molecule has 1 unspecified atom stereocenters. The van der Waals surface area contributed by atoms with E-state index in [1.54, 1.807) is 0 Å². The molecule has 116 valence electrons. The molecule has 0 saturated carbocycles. The first-order chi connectivity index (χ1) is 10.7. The molecule has 1 N–H and O–H groups in total. The summed E-state index contributed by atoms with van der Waals surface area (Å²) in [5.41, 5.74) is 3.01. The quantitative estimate of drug-likeness (QED) is 0.745. The van der Waals surface area contributed by atoms with E-state index in [1.807, 2.05) is 49.5 Å². The molecule has 0 saturated heterocycles. The van der Waals surface area contributed by atoms with Gasteiger partial charge >= 0.3 is 0 Å². The minimum Gasteiger partial charge on any atom is -0.388 e. The average Bonchev–Trinajstić information content (AvgIpc) is 2.58. The summed E-state index contributed by atoms with van der Waals surface area (Å²) in [6.45, 7) is 4.11. The van der Waals surface area contributed by atoms with Crippen LogP contribution < -0.4 is 5.32 Å². The first-order valence-corrected chi connectivity index (χ1v) is 8.89. The van der Waals surface area contributed by atoms with Gasteiger partial charge in [-0.1, -0.05) is 36.9 Å². The first-order valence-electron chi connectivity index (χ1n) is 7.20. The van der Waals surface area contributed by atoms with E-state index >= 15 is 0 Å². The van der Waals surface area contributed by atoms with E-state index in [0.29, 0.717) is 10.8 Å². The molecular formula is C18H20ClNOS. The second-order valence-corrected chi connectivity index (χ2v) is 6.77. The van der Waals surface area contributed by atoms with Gasteiger partial charge in [0.2, 0.25) is 0 Å². The lowest BCUT2D eigenvalue weighted by Crippen LogP contribution is -2.04. The van der Waals surface area contributed by atoms with Crippen molar-refractivity contribution in [2.75, 3.05) is 18.2 Å². The van der Waals surface area contributed by atoms with Gasteiger partial charge in [0, 0.05) is 34.0 Å². The molecule has 2 aromatic carbocycles. The molecule has 0 aliphatic carbocycles. The van der Waals surface area contributed by atoms with Crippen LogP contribution in [0, 0.1) is 0 Å². The second-order valence-electron chi connectivity index (χ2n) is 4.89. The maximum atomic E-state index is 12.8. The van der Waals surface area contributed by atoms with E-state index in [4.69, 9.17) is 11.6 Å². The standard InChI is InChI=1S/C18H20ClNOS/c1-14(22(21)16-10-4-3-5-11-16)18-15(9-7-13-19)8-6-12-17(18)20-2/h3-6,8,10-12,20H,1,7,9,13H2,2H3. The zero-order valence-electron chi connectivity index (χ0n) is 12.6. The van der Waals surface area contributed by atoms with Crippen molar-refractivity contribution in [2.24, 2.45) is 0 Å². The van der Waals surface area contributed by atoms with Crippen LogP contribution in [-0.2, 0) is 17.2 Å². The molecular weight excluding hydrogens is 314 g/mol. The van der Waals surface area contributed by atoms with Gasteiger partial charge in [-0.05, 0) is 36.6 Å². The Hall–Kier alpha value is -1.58. The summed E-state index contributed by atoms with van der Waals surface area (Å²) in [5, 5.41) is 3.17. The minimum absolute atomic E-state index is 0.609. The number of rotatable bonds is 7. The van der Waals surface area contributed by atoms with E-state index in [9.17, 15) is 4.21 Å². The molecule has 4 heteroatoms. The third-order valence-electron chi connectivity index (χ3n) is 3.46. The topological polar surface area (TPSA) is 29.1 Å². The van der Waals surface area contributed by atoms with Crippen LogP contribution in [0.25, 0.3) is 4.91 Å². The predicted octanol–water partition coefficient (Wildman–Crippen LogP) is 4.68. The Morgan fingerprint density at radius 2 is 1.91 bits per heavy atom. The molecule has 0 aliphatic rings. The summed E-state index contributed by atoms with van der Waals surface area (Å²) < 4.78 is 12.8. The number of halogens is 1. The fourth-order valence-corrected chi connectivity index (χ4v) is 3.63. The van der Waals surface area contributed by atoms with Crippen molar-refractivity contribution in [2.45, 2.75) is 17.7 Å². The normalized spacial score (nSPS) is 11.9. The lowest BCUT2D eigenvalue weighted by Gasteiger charge is -2.16. The van der Waals surface area contributed by atoms with Crippen molar-refractivity contribution in [1.82, 2.24) is 0 Å². The van der Waals surface area contributed by atoms with Crippen LogP contribution in [0.5, 0.6) is 0 Å². The van der Waals surface area contributed by atoms with E-state index in [-0.39, 0.29) is 0 Å². The van der Waals surface area contributed by atoms with Gasteiger partial charge in [0.25, 0.3) is 0 Å². The Kier molecular flexibility index (Phi) is 6.22. The van der Waals surface area contributed by atoms with Gasteiger partial charge in [-0.15, -0.1) is 11.6 Å². The molecule has 0 amide bonds. The van der Waals surface area contributed by atoms with Crippen molar-refractivity contribution in [3.8, 4) is 0 Å². The Balaban J connectivity index is 2.41. The summed E-state index contributed by atoms with van der Waals surface area (Å²) >= 11 is 5.82. The van der Waals surface area contributed by atoms with Gasteiger partial charge in [-0.25, -0.2) is 4.21 Å². The van der Waals surface area contributed by atoms with Crippen molar-refractivity contribution >= 4 is 33.0 Å². The van der Waals surface area contributed by atoms with Gasteiger partial charge in [0.05, 0.1) is 10.8 Å². The van der Waals surface area contributed by atoms with Crippen molar-refractivity contribution in [3.05, 3.63) is 66.2 Å². The number of hydrogen-bond donors (Lipinski definition) is 1. The molecule has 0 spiro atoms. The zero-order chi connectivity index (χ0) is 15.9. The highest BCUT2D eigenvalue weighted by atomic mass is 35.5. The summed E-state index contributed by atoms with van der Waals surface area (Å²) in [6, 6.07) is 15.4. The summed E-state index contributed by atoms with van der Waals surface area (Å²) in [7, 11) is 0.590. The van der Waals surface area contributed by atoms with Crippen molar-refractivity contribution in [3.63, 3.8) is 0 Å². The Labute approximate surface area is 139 Å². The first kappa shape index (κ1) is 16.8. The zero-order valence-corrected chi connectivity index (χ0v) is 14.2. The molecule has 22 heavy (non-hydrogen) atoms. The van der Waals surface area contributed by atoms with Crippen LogP contribution in [0.1, 0.15) is 17.5 Å². The third kappa shape index (κ3) is 3.79. The van der Waals surface area contributed by atoms with Crippen LogP contribution in [0.3, 0.4) is 0 Å². The second kappa shape index (κ2) is 8.16. The molecule has 0 aromatic heterocycles. The number of anilines is 1. The molecule has 2 aromatic rings. The van der Waals surface area contributed by atoms with Gasteiger partial charge in [0.1, 0.15) is 0 Å². The van der Waals surface area contributed by atoms with Gasteiger partial charge in [0.15, 0.2) is 0 Å². The molecule has 0 heterocycles. The highest BCUT2D eigenvalue weighted by Gasteiger charge is 2.17. The van der Waals surface area contributed by atoms with E-state index < -0.39 is 10.8 Å². The van der Waals surface area contributed by atoms with E-state index in [0.717, 1.165) is 34.6 Å². The number of aryl methyl sites for hydroxylation is 1. The average molecular weight is 334 g/mol. The van der Waals surface area contributed by atoms with Crippen LogP contribution in [-0.4, -0.2) is 17.1 Å². The highest BCUT2D eigenvalue weighted by molar-refractivity contribution is 7.94. The Morgan fingerprint density at radius 1 is 1.18 bits per heavy atom. The smallest absolute Gasteiger partial charge is 0.0850 e. The molecule has 1 atom stereocenters. The molecule has 2 rings (SSSR count). The predicted molar refractivity (Wildman–Crippen MR) is 96.9 cm³/mol. The molecule has 0 radical (unpaired) electrons. The third-order valence-corrected chi connectivity index (χ3v) is 5.08. The van der Waals surface area contributed by atoms with E-state index in [1.165, 1.54) is 0 Å². The van der Waals surface area contributed by atoms with E-state index in [2.05, 4.69) is 18.0 Å². The number of nitrogens with one attached hydrogen (secondary N) is 1. The van der Waals surface area contributed by atoms with Gasteiger partial charge in [-0.2, -0.15) is 0 Å². The maximum Gasteiger partial charge on any atom is 0.0850 e. The summed E-state index contributed by atoms with van der Waals surface area (Å²) in [6.07, 6.45) is 1.73. The molecule has 0 bridgehead atoms. The van der Waals surface area contributed by atoms with Crippen LogP contribution in [0.15, 0.2) is 60.0 Å². The molecule has 0 fully saturated rings. The Morgan fingerprint density at radius 3 is 2.55 bits per heavy atom. The van der Waals surface area contributed by atoms with Crippen LogP contribution >= 0.6 is 11.6 Å². The number of alkyl halides is 1. The number of hydrogen-bond acceptors (Lipinski definition) is 2. The molecule has 2 nitrogen and oxygen atoms in total. The molecule has 0 aliphatic heterocycles. The van der Waals surface area contributed by atoms with Gasteiger partial charge in [-0.3, -0.25) is 0 Å². The summed E-state index contributed by atoms with van der Waals surface area (Å²) in [4.78, 5) is 1.39. The summed E-state index contributed by atoms with van der Waals surface area (Å²) in [5.74, 6) is 0.609. The largest absolute Gasteiger partial charge is 0.388 e. The van der Waals surface area contributed by atoms with Crippen LogP contribution in [0.2, 0.25) is 0 Å². The maximum absolute atomic E-state index is 12.8. The van der Waals surface area contributed by atoms with Crippen LogP contribution in [0.4, 0.5) is 5.69 Å². The fraction of sp³-hybridized carbons (Fsp3) is 0.222. The van der Waals surface area contributed by atoms with Crippen molar-refractivity contribution < 1.29 is 4.21 Å². The SMILES string of the molecule is C=C(c1c(CCCCl)cccc1NC)S(=O)c1ccccc1. The van der Waals surface area contributed by atoms with Crippen molar-refractivity contribution in [1.29, 1.82) is 0 Å². The minimum atomic E-state index is -1.27. The highest BCUT2D eigenvalue weighted by Crippen LogP contribution is 2.32. The number of benzene rings is 2. The lowest BCUT2D eigenvalue weighted by molar-refractivity contribution is 0.689. The van der Waals surface area contributed by atoms with Gasteiger partial charge < -0.3 is 5.32 Å².